The number of aromatic amines is 2. The molecular weight excluding hydrogens is 923 g/mol. The predicted molar refractivity (Wildman–Crippen MR) is 262 cm³/mol. The molecule has 0 unspecified atom stereocenters. The van der Waals surface area contributed by atoms with Crippen LogP contribution in [0.2, 0.25) is 0 Å². The summed E-state index contributed by atoms with van der Waals surface area (Å²) < 4.78 is 63.5. The zero-order chi connectivity index (χ0) is 47.8. The number of H-pyrrole nitrogens is 2. The minimum Gasteiger partial charge on any atom is -0.382 e. The molecule has 8 aromatic rings. The number of fused-ring (bicyclic) bond motifs is 2. The number of urea groups is 2. The maximum absolute atomic E-state index is 12.8. The molecule has 356 valence electrons. The molecule has 3 aromatic heterocycles. The van der Waals surface area contributed by atoms with Gasteiger partial charge in [-0.1, -0.05) is 50.3 Å². The lowest BCUT2D eigenvalue weighted by Crippen LogP contribution is -2.39. The maximum Gasteiger partial charge on any atom is 0.339 e. The molecule has 19 nitrogen and oxygen atoms in total. The number of hydrogen-bond donors (Lipinski definition) is 7. The van der Waals surface area contributed by atoms with Crippen LogP contribution in [0.3, 0.4) is 0 Å². The second-order valence-corrected chi connectivity index (χ2v) is 19.7. The van der Waals surface area contributed by atoms with Crippen molar-refractivity contribution in [3.63, 3.8) is 0 Å². The van der Waals surface area contributed by atoms with Crippen LogP contribution in [0.4, 0.5) is 32.9 Å². The fourth-order valence-electron chi connectivity index (χ4n) is 8.14. The SMILES string of the molecule is O=C(Nc1ccccc1)Nc1nc2ccc(OS(=O)(=O)c3ccc(NC4CCCC4)cc3)cc2[nH]1.O=C(Nc1nc2ccc(OS(=O)(=O)c3ccc(-n4ccnc4)cc3)cc2[nH]1)NC1CCCCC1. The Labute approximate surface area is 397 Å². The summed E-state index contributed by atoms with van der Waals surface area (Å²) >= 11 is 0. The second kappa shape index (κ2) is 20.5. The van der Waals surface area contributed by atoms with E-state index in [1.54, 1.807) is 71.8 Å². The van der Waals surface area contributed by atoms with Crippen LogP contribution < -0.4 is 35.0 Å². The molecule has 0 spiro atoms. The number of carbonyl (C=O) groups is 2. The van der Waals surface area contributed by atoms with Gasteiger partial charge in [0.25, 0.3) is 0 Å². The van der Waals surface area contributed by atoms with Crippen LogP contribution in [0.25, 0.3) is 27.8 Å². The molecule has 4 amide bonds. The number of carbonyl (C=O) groups excluding carboxylic acids is 2. The molecule has 2 aliphatic rings. The molecule has 7 N–H and O–H groups in total. The molecule has 3 heterocycles. The van der Waals surface area contributed by atoms with Gasteiger partial charge in [0.15, 0.2) is 0 Å². The summed E-state index contributed by atoms with van der Waals surface area (Å²) in [5.41, 5.74) is 4.49. The second-order valence-electron chi connectivity index (χ2n) is 16.6. The molecule has 10 rings (SSSR count). The number of nitrogens with one attached hydrogen (secondary N) is 7. The Morgan fingerprint density at radius 1 is 0.580 bits per heavy atom. The normalized spacial score (nSPS) is 14.4. The Morgan fingerprint density at radius 3 is 1.68 bits per heavy atom. The van der Waals surface area contributed by atoms with Crippen molar-refractivity contribution in [3.05, 3.63) is 134 Å². The van der Waals surface area contributed by atoms with Crippen molar-refractivity contribution in [1.82, 2.24) is 34.8 Å². The van der Waals surface area contributed by atoms with Gasteiger partial charge in [0.05, 0.1) is 28.4 Å². The number of hydrogen-bond acceptors (Lipinski definition) is 12. The van der Waals surface area contributed by atoms with Gasteiger partial charge >= 0.3 is 32.3 Å². The number of nitrogens with zero attached hydrogens (tertiary/aromatic N) is 4. The minimum atomic E-state index is -4.04. The van der Waals surface area contributed by atoms with Gasteiger partial charge in [-0.05, 0) is 111 Å². The largest absolute Gasteiger partial charge is 0.382 e. The van der Waals surface area contributed by atoms with Crippen LogP contribution in [0, 0.1) is 0 Å². The first-order chi connectivity index (χ1) is 33.4. The van der Waals surface area contributed by atoms with E-state index in [1.807, 2.05) is 18.2 Å². The third-order valence-corrected chi connectivity index (χ3v) is 14.1. The summed E-state index contributed by atoms with van der Waals surface area (Å²) in [6.45, 7) is 0. The van der Waals surface area contributed by atoms with Crippen molar-refractivity contribution >= 4 is 77.6 Å². The summed E-state index contributed by atoms with van der Waals surface area (Å²) in [4.78, 5) is 43.1. The van der Waals surface area contributed by atoms with E-state index in [-0.39, 0.29) is 45.3 Å². The number of para-hydroxylation sites is 1. The summed E-state index contributed by atoms with van der Waals surface area (Å²) in [7, 11) is -8.05. The monoisotopic (exact) mass is 971 g/mol. The molecule has 0 atom stereocenters. The number of benzene rings is 5. The lowest BCUT2D eigenvalue weighted by Gasteiger charge is -2.22. The van der Waals surface area contributed by atoms with Crippen molar-refractivity contribution in [2.75, 3.05) is 21.3 Å². The van der Waals surface area contributed by atoms with Crippen molar-refractivity contribution in [2.24, 2.45) is 0 Å². The Hall–Kier alpha value is -7.91. The topological polar surface area (TPSA) is 256 Å². The number of imidazole rings is 3. The molecule has 2 aliphatic carbocycles. The molecule has 2 fully saturated rings. The quantitative estimate of drug-likeness (QED) is 0.0534. The predicted octanol–water partition coefficient (Wildman–Crippen LogP) is 9.30. The standard InChI is InChI=1S/C25H25N5O4S.C23H24N6O4S/c31-25(27-18-6-2-1-3-7-18)30-24-28-22-15-12-20(16-23(22)29-24)34-35(32,33)21-13-10-19(11-14-21)26-17-8-4-5-9-17;30-23(25-16-4-2-1-3-5-16)28-22-26-20-11-8-18(14-21(20)27-22)33-34(31,32)19-9-6-17(7-10-19)29-13-12-24-15-29/h1-3,6-7,10-17,26H,4-5,8-9H2,(H3,27,28,29,30,31);6-16H,1-5H2,(H3,25,26,27,28,30). The highest BCUT2D eigenvalue weighted by molar-refractivity contribution is 7.87. The van der Waals surface area contributed by atoms with Gasteiger partial charge in [0.1, 0.15) is 21.3 Å². The van der Waals surface area contributed by atoms with Crippen molar-refractivity contribution in [3.8, 4) is 17.2 Å². The highest BCUT2D eigenvalue weighted by atomic mass is 32.2. The summed E-state index contributed by atoms with van der Waals surface area (Å²) in [6, 6.07) is 31.1. The van der Waals surface area contributed by atoms with Crippen LogP contribution in [0.1, 0.15) is 57.8 Å². The van der Waals surface area contributed by atoms with Gasteiger partial charge in [-0.3, -0.25) is 10.6 Å². The molecule has 0 aliphatic heterocycles. The van der Waals surface area contributed by atoms with Crippen LogP contribution >= 0.6 is 0 Å². The third kappa shape index (κ3) is 12.0. The first-order valence-corrected chi connectivity index (χ1v) is 25.3. The van der Waals surface area contributed by atoms with Crippen LogP contribution in [0.5, 0.6) is 11.5 Å². The number of rotatable bonds is 13. The van der Waals surface area contributed by atoms with Gasteiger partial charge in [-0.25, -0.2) is 24.5 Å². The van der Waals surface area contributed by atoms with Crippen LogP contribution in [-0.4, -0.2) is 70.5 Å². The van der Waals surface area contributed by atoms with Gasteiger partial charge in [0, 0.05) is 53.7 Å². The molecule has 5 aromatic carbocycles. The lowest BCUT2D eigenvalue weighted by atomic mass is 9.96. The van der Waals surface area contributed by atoms with E-state index in [2.05, 4.69) is 51.5 Å². The average Bonchev–Trinajstić information content (AvgIpc) is 4.19. The molecule has 2 saturated carbocycles. The first-order valence-electron chi connectivity index (χ1n) is 22.4. The molecular formula is C48H49N11O8S2. The van der Waals surface area contributed by atoms with Gasteiger partial charge in [-0.2, -0.15) is 16.8 Å². The summed E-state index contributed by atoms with van der Waals surface area (Å²) in [5, 5.41) is 14.4. The molecule has 0 radical (unpaired) electrons. The Bertz CT molecular complexity index is 3260. The Balaban J connectivity index is 0.000000172. The number of anilines is 4. The zero-order valence-corrected chi connectivity index (χ0v) is 38.7. The zero-order valence-electron chi connectivity index (χ0n) is 37.1. The summed E-state index contributed by atoms with van der Waals surface area (Å²) in [5.74, 6) is 0.764. The summed E-state index contributed by atoms with van der Waals surface area (Å²) in [6.07, 6.45) is 15.2. The van der Waals surface area contributed by atoms with Crippen molar-refractivity contribution < 1.29 is 34.8 Å². The van der Waals surface area contributed by atoms with Gasteiger partial charge in [0.2, 0.25) is 11.9 Å². The maximum atomic E-state index is 12.8. The third-order valence-electron chi connectivity index (χ3n) is 11.6. The van der Waals surface area contributed by atoms with E-state index in [4.69, 9.17) is 8.37 Å². The minimum absolute atomic E-state index is 0.0304. The fourth-order valence-corrected chi connectivity index (χ4v) is 9.98. The van der Waals surface area contributed by atoms with E-state index in [0.717, 1.165) is 49.9 Å². The smallest absolute Gasteiger partial charge is 0.339 e. The van der Waals surface area contributed by atoms with E-state index in [9.17, 15) is 26.4 Å². The Morgan fingerprint density at radius 2 is 1.12 bits per heavy atom. The average molecular weight is 972 g/mol. The molecule has 0 saturated heterocycles. The van der Waals surface area contributed by atoms with E-state index in [0.29, 0.717) is 33.8 Å². The highest BCUT2D eigenvalue weighted by Crippen LogP contribution is 2.28. The fraction of sp³-hybridized carbons (Fsp3) is 0.229. The Kier molecular flexibility index (Phi) is 13.8. The van der Waals surface area contributed by atoms with Gasteiger partial charge < -0.3 is 38.9 Å². The van der Waals surface area contributed by atoms with Gasteiger partial charge in [-0.15, -0.1) is 0 Å². The molecule has 69 heavy (non-hydrogen) atoms. The highest BCUT2D eigenvalue weighted by Gasteiger charge is 2.21. The number of aromatic nitrogens is 6. The lowest BCUT2D eigenvalue weighted by molar-refractivity contribution is 0.244. The van der Waals surface area contributed by atoms with E-state index >= 15 is 0 Å². The van der Waals surface area contributed by atoms with E-state index < -0.39 is 26.3 Å². The first kappa shape index (κ1) is 46.2. The van der Waals surface area contributed by atoms with Crippen molar-refractivity contribution in [1.29, 1.82) is 0 Å². The van der Waals surface area contributed by atoms with Crippen molar-refractivity contribution in [2.45, 2.75) is 79.7 Å². The molecule has 0 bridgehead atoms. The van der Waals surface area contributed by atoms with E-state index in [1.165, 1.54) is 67.8 Å². The van der Waals surface area contributed by atoms with Crippen LogP contribution in [-0.2, 0) is 20.2 Å². The number of amides is 4. The van der Waals surface area contributed by atoms with Crippen LogP contribution in [0.15, 0.2) is 144 Å². The molecule has 21 heteroatoms.